The standard InChI is InChI=1S/C33H32BrNO2/c1-21(26-17-24(34)14-16-30(26)37-20-22-9-5-4-6-10-22)31-27(18-33(2,3)19-29(31)36)32-25-12-8-7-11-23(25)13-15-28(32)35/h4-17,21H,18-20,35H2,1-3H3/t21-/m0/s1. The van der Waals surface area contributed by atoms with E-state index in [2.05, 4.69) is 73.1 Å². The molecule has 4 aromatic rings. The van der Waals surface area contributed by atoms with Crippen molar-refractivity contribution >= 4 is 43.7 Å². The van der Waals surface area contributed by atoms with Gasteiger partial charge >= 0.3 is 0 Å². The SMILES string of the molecule is C[C@H](C1=C(c2c(N)ccc3ccccc23)CC(C)(C)CC1=O)c1cc(Br)ccc1OCc1ccccc1. The summed E-state index contributed by atoms with van der Waals surface area (Å²) in [4.78, 5) is 13.9. The Balaban J connectivity index is 1.66. The van der Waals surface area contributed by atoms with Gasteiger partial charge in [0.15, 0.2) is 5.78 Å². The summed E-state index contributed by atoms with van der Waals surface area (Å²) in [6.07, 6.45) is 1.29. The fourth-order valence-electron chi connectivity index (χ4n) is 5.57. The summed E-state index contributed by atoms with van der Waals surface area (Å²) < 4.78 is 7.28. The van der Waals surface area contributed by atoms with Gasteiger partial charge in [0.05, 0.1) is 0 Å². The number of benzene rings is 4. The smallest absolute Gasteiger partial charge is 0.160 e. The number of nitrogen functional groups attached to an aromatic ring is 1. The summed E-state index contributed by atoms with van der Waals surface area (Å²) in [6, 6.07) is 28.5. The maximum atomic E-state index is 13.9. The van der Waals surface area contributed by atoms with Crippen LogP contribution in [0.2, 0.25) is 0 Å². The zero-order chi connectivity index (χ0) is 26.2. The van der Waals surface area contributed by atoms with Gasteiger partial charge in [-0.1, -0.05) is 97.4 Å². The molecular weight excluding hydrogens is 522 g/mol. The fraction of sp³-hybridized carbons (Fsp3) is 0.242. The summed E-state index contributed by atoms with van der Waals surface area (Å²) in [5, 5.41) is 2.21. The number of anilines is 1. The second-order valence-corrected chi connectivity index (χ2v) is 11.7. The van der Waals surface area contributed by atoms with Crippen LogP contribution in [0.1, 0.15) is 56.2 Å². The van der Waals surface area contributed by atoms with E-state index in [9.17, 15) is 4.79 Å². The van der Waals surface area contributed by atoms with Crippen LogP contribution in [0.5, 0.6) is 5.75 Å². The molecule has 1 atom stereocenters. The summed E-state index contributed by atoms with van der Waals surface area (Å²) in [6.45, 7) is 6.91. The average Bonchev–Trinajstić information content (AvgIpc) is 2.87. The van der Waals surface area contributed by atoms with E-state index in [1.165, 1.54) is 0 Å². The normalized spacial score (nSPS) is 16.2. The molecule has 0 unspecified atom stereocenters. The van der Waals surface area contributed by atoms with Crippen molar-refractivity contribution in [3.63, 3.8) is 0 Å². The maximum absolute atomic E-state index is 13.9. The highest BCUT2D eigenvalue weighted by atomic mass is 79.9. The first-order chi connectivity index (χ1) is 17.7. The molecule has 0 bridgehead atoms. The van der Waals surface area contributed by atoms with Crippen molar-refractivity contribution in [2.75, 3.05) is 5.73 Å². The van der Waals surface area contributed by atoms with E-state index in [1.807, 2.05) is 48.5 Å². The first kappa shape index (κ1) is 25.3. The minimum Gasteiger partial charge on any atom is -0.489 e. The molecule has 0 radical (unpaired) electrons. The Morgan fingerprint density at radius 3 is 2.46 bits per heavy atom. The molecule has 0 aromatic heterocycles. The van der Waals surface area contributed by atoms with Gasteiger partial charge < -0.3 is 10.5 Å². The van der Waals surface area contributed by atoms with Crippen molar-refractivity contribution < 1.29 is 9.53 Å². The molecule has 0 fully saturated rings. The highest BCUT2D eigenvalue weighted by Gasteiger charge is 2.37. The van der Waals surface area contributed by atoms with Gasteiger partial charge in [0.2, 0.25) is 0 Å². The van der Waals surface area contributed by atoms with Crippen LogP contribution in [0.15, 0.2) is 95.0 Å². The van der Waals surface area contributed by atoms with Crippen LogP contribution in [0, 0.1) is 5.41 Å². The lowest BCUT2D eigenvalue weighted by molar-refractivity contribution is -0.118. The zero-order valence-corrected chi connectivity index (χ0v) is 23.1. The van der Waals surface area contributed by atoms with Crippen molar-refractivity contribution in [2.45, 2.75) is 46.1 Å². The second-order valence-electron chi connectivity index (χ2n) is 10.8. The van der Waals surface area contributed by atoms with E-state index in [0.717, 1.165) is 55.3 Å². The van der Waals surface area contributed by atoms with E-state index in [1.54, 1.807) is 0 Å². The largest absolute Gasteiger partial charge is 0.489 e. The minimum atomic E-state index is -0.166. The summed E-state index contributed by atoms with van der Waals surface area (Å²) in [5.41, 5.74) is 12.2. The quantitative estimate of drug-likeness (QED) is 0.243. The van der Waals surface area contributed by atoms with Crippen LogP contribution in [0.25, 0.3) is 16.3 Å². The fourth-order valence-corrected chi connectivity index (χ4v) is 5.94. The lowest BCUT2D eigenvalue weighted by atomic mass is 9.68. The van der Waals surface area contributed by atoms with Crippen LogP contribution in [-0.2, 0) is 11.4 Å². The van der Waals surface area contributed by atoms with Gasteiger partial charge in [-0.25, -0.2) is 0 Å². The van der Waals surface area contributed by atoms with Crippen molar-refractivity contribution in [2.24, 2.45) is 5.41 Å². The molecule has 4 heteroatoms. The first-order valence-electron chi connectivity index (χ1n) is 12.7. The van der Waals surface area contributed by atoms with Crippen molar-refractivity contribution in [1.82, 2.24) is 0 Å². The molecule has 1 aliphatic rings. The van der Waals surface area contributed by atoms with Gasteiger partial charge in [0.25, 0.3) is 0 Å². The van der Waals surface area contributed by atoms with Gasteiger partial charge in [-0.2, -0.15) is 0 Å². The number of carbonyl (C=O) groups is 1. The molecular formula is C33H32BrNO2. The van der Waals surface area contributed by atoms with Crippen molar-refractivity contribution in [3.8, 4) is 5.75 Å². The summed E-state index contributed by atoms with van der Waals surface area (Å²) in [7, 11) is 0. The Kier molecular flexibility index (Phi) is 6.96. The Bertz CT molecular complexity index is 1500. The molecule has 0 spiro atoms. The molecule has 0 saturated carbocycles. The van der Waals surface area contributed by atoms with Crippen LogP contribution in [0.4, 0.5) is 5.69 Å². The number of halogens is 1. The third kappa shape index (κ3) is 5.21. The number of ether oxygens (including phenoxy) is 1. The molecule has 0 heterocycles. The first-order valence-corrected chi connectivity index (χ1v) is 13.5. The summed E-state index contributed by atoms with van der Waals surface area (Å²) >= 11 is 3.65. The number of ketones is 1. The molecule has 0 aliphatic heterocycles. The molecule has 4 aromatic carbocycles. The third-order valence-electron chi connectivity index (χ3n) is 7.29. The highest BCUT2D eigenvalue weighted by Crippen LogP contribution is 2.49. The zero-order valence-electron chi connectivity index (χ0n) is 21.6. The van der Waals surface area contributed by atoms with Crippen LogP contribution >= 0.6 is 15.9 Å². The third-order valence-corrected chi connectivity index (χ3v) is 7.78. The molecule has 37 heavy (non-hydrogen) atoms. The Morgan fingerprint density at radius 1 is 0.946 bits per heavy atom. The van der Waals surface area contributed by atoms with E-state index in [4.69, 9.17) is 10.5 Å². The minimum absolute atomic E-state index is 0.150. The van der Waals surface area contributed by atoms with Crippen LogP contribution in [-0.4, -0.2) is 5.78 Å². The lowest BCUT2D eigenvalue weighted by Gasteiger charge is -2.35. The van der Waals surface area contributed by atoms with Gasteiger partial charge in [-0.3, -0.25) is 4.79 Å². The number of carbonyl (C=O) groups excluding carboxylic acids is 1. The molecule has 0 amide bonds. The number of hydrogen-bond donors (Lipinski definition) is 1. The molecule has 5 rings (SSSR count). The Labute approximate surface area is 227 Å². The number of allylic oxidation sites excluding steroid dienone is 2. The summed E-state index contributed by atoms with van der Waals surface area (Å²) in [5.74, 6) is 0.801. The number of Topliss-reactive ketones (excluding diaryl/α,β-unsaturated/α-hetero) is 1. The molecule has 188 valence electrons. The van der Waals surface area contributed by atoms with Crippen molar-refractivity contribution in [3.05, 3.63) is 112 Å². The molecule has 1 aliphatic carbocycles. The highest BCUT2D eigenvalue weighted by molar-refractivity contribution is 9.10. The van der Waals surface area contributed by atoms with E-state index in [0.29, 0.717) is 18.7 Å². The maximum Gasteiger partial charge on any atom is 0.160 e. The molecule has 3 nitrogen and oxygen atoms in total. The molecule has 0 saturated heterocycles. The number of fused-ring (bicyclic) bond motifs is 1. The Hall–Kier alpha value is -3.37. The number of rotatable bonds is 6. The predicted octanol–water partition coefficient (Wildman–Crippen LogP) is 8.71. The number of hydrogen-bond acceptors (Lipinski definition) is 3. The van der Waals surface area contributed by atoms with Gasteiger partial charge in [-0.15, -0.1) is 0 Å². The topological polar surface area (TPSA) is 52.3 Å². The second kappa shape index (κ2) is 10.2. The lowest BCUT2D eigenvalue weighted by Crippen LogP contribution is -2.28. The van der Waals surface area contributed by atoms with E-state index in [-0.39, 0.29) is 17.1 Å². The number of nitrogens with two attached hydrogens (primary N) is 1. The van der Waals surface area contributed by atoms with E-state index < -0.39 is 0 Å². The van der Waals surface area contributed by atoms with Crippen LogP contribution in [0.3, 0.4) is 0 Å². The monoisotopic (exact) mass is 553 g/mol. The Morgan fingerprint density at radius 2 is 1.68 bits per heavy atom. The van der Waals surface area contributed by atoms with Gasteiger partial charge in [-0.05, 0) is 58.0 Å². The molecule has 2 N–H and O–H groups in total. The van der Waals surface area contributed by atoms with Gasteiger partial charge in [0.1, 0.15) is 12.4 Å². The van der Waals surface area contributed by atoms with E-state index >= 15 is 0 Å². The van der Waals surface area contributed by atoms with Crippen LogP contribution < -0.4 is 10.5 Å². The predicted molar refractivity (Wildman–Crippen MR) is 157 cm³/mol. The van der Waals surface area contributed by atoms with Crippen molar-refractivity contribution in [1.29, 1.82) is 0 Å². The van der Waals surface area contributed by atoms with Gasteiger partial charge in [0, 0.05) is 39.2 Å². The average molecular weight is 555 g/mol.